The summed E-state index contributed by atoms with van der Waals surface area (Å²) in [6.07, 6.45) is 5.81. The molecule has 1 aliphatic heterocycles. The molecule has 0 saturated carbocycles. The first-order valence-corrected chi connectivity index (χ1v) is 9.72. The van der Waals surface area contributed by atoms with Gasteiger partial charge in [-0.25, -0.2) is 0 Å². The third kappa shape index (κ3) is 3.40. The SMILES string of the molecule is O=C(c1ccc2c(c1)CCC2)N(Cc1cccs1)CC1CCCO1. The molecule has 1 aliphatic carbocycles. The third-order valence-electron chi connectivity index (χ3n) is 5.01. The summed E-state index contributed by atoms with van der Waals surface area (Å²) in [5.74, 6) is 0.133. The maximum absolute atomic E-state index is 13.1. The highest BCUT2D eigenvalue weighted by atomic mass is 32.1. The molecule has 24 heavy (non-hydrogen) atoms. The molecule has 0 spiro atoms. The molecule has 1 atom stereocenters. The van der Waals surface area contributed by atoms with Gasteiger partial charge in [0.2, 0.25) is 0 Å². The number of hydrogen-bond acceptors (Lipinski definition) is 3. The zero-order valence-electron chi connectivity index (χ0n) is 13.9. The molecule has 0 radical (unpaired) electrons. The van der Waals surface area contributed by atoms with Gasteiger partial charge in [-0.2, -0.15) is 0 Å². The smallest absolute Gasteiger partial charge is 0.254 e. The van der Waals surface area contributed by atoms with Crippen molar-refractivity contribution >= 4 is 17.2 Å². The standard InChI is InChI=1S/C20H23NO2S/c22-20(17-9-8-15-4-1-5-16(15)12-17)21(13-18-6-2-10-23-18)14-19-7-3-11-24-19/h3,7-9,11-12,18H,1-2,4-6,10,13-14H2. The second-order valence-corrected chi connectivity index (χ2v) is 7.77. The monoisotopic (exact) mass is 341 g/mol. The third-order valence-corrected chi connectivity index (χ3v) is 5.87. The van der Waals surface area contributed by atoms with Crippen molar-refractivity contribution in [1.82, 2.24) is 4.90 Å². The number of hydrogen-bond donors (Lipinski definition) is 0. The number of amides is 1. The van der Waals surface area contributed by atoms with Crippen molar-refractivity contribution in [2.75, 3.05) is 13.2 Å². The minimum absolute atomic E-state index is 0.133. The number of aryl methyl sites for hydroxylation is 2. The van der Waals surface area contributed by atoms with Crippen LogP contribution in [0.4, 0.5) is 0 Å². The van der Waals surface area contributed by atoms with Gasteiger partial charge in [-0.05, 0) is 66.8 Å². The lowest BCUT2D eigenvalue weighted by molar-refractivity contribution is 0.0509. The molecule has 0 bridgehead atoms. The van der Waals surface area contributed by atoms with Crippen molar-refractivity contribution in [3.63, 3.8) is 0 Å². The zero-order valence-corrected chi connectivity index (χ0v) is 14.7. The molecule has 2 aliphatic rings. The summed E-state index contributed by atoms with van der Waals surface area (Å²) in [4.78, 5) is 16.3. The van der Waals surface area contributed by atoms with E-state index in [-0.39, 0.29) is 12.0 Å². The average Bonchev–Trinajstić information content (AvgIpc) is 3.35. The van der Waals surface area contributed by atoms with Crippen molar-refractivity contribution in [2.24, 2.45) is 0 Å². The van der Waals surface area contributed by atoms with Crippen LogP contribution in [0.2, 0.25) is 0 Å². The lowest BCUT2D eigenvalue weighted by Gasteiger charge is -2.25. The van der Waals surface area contributed by atoms with E-state index in [4.69, 9.17) is 4.74 Å². The van der Waals surface area contributed by atoms with Crippen LogP contribution in [0.3, 0.4) is 0 Å². The topological polar surface area (TPSA) is 29.5 Å². The summed E-state index contributed by atoms with van der Waals surface area (Å²) in [6.45, 7) is 2.19. The number of carbonyl (C=O) groups excluding carboxylic acids is 1. The fraction of sp³-hybridized carbons (Fsp3) is 0.450. The molecule has 1 saturated heterocycles. The van der Waals surface area contributed by atoms with E-state index in [1.54, 1.807) is 11.3 Å². The Labute approximate surface area is 147 Å². The molecule has 1 fully saturated rings. The summed E-state index contributed by atoms with van der Waals surface area (Å²) in [7, 11) is 0. The van der Waals surface area contributed by atoms with E-state index in [9.17, 15) is 4.79 Å². The highest BCUT2D eigenvalue weighted by Crippen LogP contribution is 2.25. The Hall–Kier alpha value is -1.65. The number of nitrogens with zero attached hydrogens (tertiary/aromatic N) is 1. The summed E-state index contributed by atoms with van der Waals surface area (Å²) < 4.78 is 5.77. The second-order valence-electron chi connectivity index (χ2n) is 6.74. The first-order valence-electron chi connectivity index (χ1n) is 8.84. The van der Waals surface area contributed by atoms with Crippen molar-refractivity contribution in [2.45, 2.75) is 44.8 Å². The highest BCUT2D eigenvalue weighted by molar-refractivity contribution is 7.09. The minimum Gasteiger partial charge on any atom is -0.376 e. The Kier molecular flexibility index (Phi) is 4.67. The second kappa shape index (κ2) is 7.08. The van der Waals surface area contributed by atoms with Crippen LogP contribution in [0.5, 0.6) is 0 Å². The lowest BCUT2D eigenvalue weighted by Crippen LogP contribution is -2.36. The fourth-order valence-corrected chi connectivity index (χ4v) is 4.45. The lowest BCUT2D eigenvalue weighted by atomic mass is 10.1. The normalized spacial score (nSPS) is 19.4. The van der Waals surface area contributed by atoms with Gasteiger partial charge in [-0.15, -0.1) is 11.3 Å². The molecule has 1 aromatic carbocycles. The number of rotatable bonds is 5. The highest BCUT2D eigenvalue weighted by Gasteiger charge is 2.24. The number of thiophene rings is 1. The Bertz CT molecular complexity index is 704. The van der Waals surface area contributed by atoms with E-state index in [1.165, 1.54) is 22.4 Å². The van der Waals surface area contributed by atoms with Crippen molar-refractivity contribution < 1.29 is 9.53 Å². The number of fused-ring (bicyclic) bond motifs is 1. The molecule has 4 heteroatoms. The van der Waals surface area contributed by atoms with E-state index in [0.29, 0.717) is 13.1 Å². The predicted molar refractivity (Wildman–Crippen MR) is 96.5 cm³/mol. The van der Waals surface area contributed by atoms with Crippen LogP contribution in [0.15, 0.2) is 35.7 Å². The van der Waals surface area contributed by atoms with Gasteiger partial charge in [0.05, 0.1) is 12.6 Å². The van der Waals surface area contributed by atoms with Gasteiger partial charge in [-0.3, -0.25) is 4.79 Å². The molecule has 1 amide bonds. The summed E-state index contributed by atoms with van der Waals surface area (Å²) in [5, 5.41) is 2.07. The number of benzene rings is 1. The maximum atomic E-state index is 13.1. The van der Waals surface area contributed by atoms with Crippen LogP contribution in [0.1, 0.15) is 45.6 Å². The van der Waals surface area contributed by atoms with Gasteiger partial charge in [-0.1, -0.05) is 12.1 Å². The molecule has 0 N–H and O–H groups in total. The Morgan fingerprint density at radius 1 is 1.21 bits per heavy atom. The van der Waals surface area contributed by atoms with E-state index in [2.05, 4.69) is 23.6 Å². The van der Waals surface area contributed by atoms with Gasteiger partial charge in [0, 0.05) is 23.6 Å². The van der Waals surface area contributed by atoms with E-state index in [1.807, 2.05) is 17.0 Å². The van der Waals surface area contributed by atoms with Crippen LogP contribution in [-0.4, -0.2) is 30.1 Å². The molecular weight excluding hydrogens is 318 g/mol. The molecule has 1 unspecified atom stereocenters. The molecule has 3 nitrogen and oxygen atoms in total. The van der Waals surface area contributed by atoms with Crippen LogP contribution < -0.4 is 0 Å². The number of ether oxygens (including phenoxy) is 1. The van der Waals surface area contributed by atoms with Gasteiger partial charge in [0.1, 0.15) is 0 Å². The van der Waals surface area contributed by atoms with Crippen molar-refractivity contribution in [1.29, 1.82) is 0 Å². The summed E-state index contributed by atoms with van der Waals surface area (Å²) >= 11 is 1.71. The van der Waals surface area contributed by atoms with Crippen LogP contribution >= 0.6 is 11.3 Å². The Morgan fingerprint density at radius 3 is 2.92 bits per heavy atom. The Balaban J connectivity index is 1.55. The predicted octanol–water partition coefficient (Wildman–Crippen LogP) is 4.06. The first kappa shape index (κ1) is 15.9. The van der Waals surface area contributed by atoms with Crippen molar-refractivity contribution in [3.05, 3.63) is 57.3 Å². The molecule has 2 heterocycles. The van der Waals surface area contributed by atoms with Gasteiger partial charge in [0.25, 0.3) is 5.91 Å². The zero-order chi connectivity index (χ0) is 16.4. The van der Waals surface area contributed by atoms with Gasteiger partial charge in [0.15, 0.2) is 0 Å². The van der Waals surface area contributed by atoms with Crippen molar-refractivity contribution in [3.8, 4) is 0 Å². The molecule has 1 aromatic heterocycles. The van der Waals surface area contributed by atoms with Crippen LogP contribution in [0, 0.1) is 0 Å². The molecule has 4 rings (SSSR count). The van der Waals surface area contributed by atoms with Gasteiger partial charge < -0.3 is 9.64 Å². The quantitative estimate of drug-likeness (QED) is 0.821. The fourth-order valence-electron chi connectivity index (χ4n) is 3.73. The molecule has 2 aromatic rings. The molecule has 126 valence electrons. The van der Waals surface area contributed by atoms with E-state index in [0.717, 1.165) is 37.9 Å². The number of carbonyl (C=O) groups is 1. The van der Waals surface area contributed by atoms with Crippen LogP contribution in [-0.2, 0) is 24.1 Å². The Morgan fingerprint density at radius 2 is 2.12 bits per heavy atom. The summed E-state index contributed by atoms with van der Waals surface area (Å²) in [6, 6.07) is 10.4. The van der Waals surface area contributed by atoms with E-state index >= 15 is 0 Å². The van der Waals surface area contributed by atoms with E-state index < -0.39 is 0 Å². The maximum Gasteiger partial charge on any atom is 0.254 e. The summed E-state index contributed by atoms with van der Waals surface area (Å²) in [5.41, 5.74) is 3.59. The van der Waals surface area contributed by atoms with Crippen LogP contribution in [0.25, 0.3) is 0 Å². The average molecular weight is 341 g/mol. The largest absolute Gasteiger partial charge is 0.376 e. The first-order chi connectivity index (χ1) is 11.8. The van der Waals surface area contributed by atoms with Gasteiger partial charge >= 0.3 is 0 Å². The minimum atomic E-state index is 0.133. The molecular formula is C20H23NO2S.